The summed E-state index contributed by atoms with van der Waals surface area (Å²) in [6, 6.07) is 11.5. The first kappa shape index (κ1) is 25.3. The SMILES string of the molecule is COC(=O)C1=C(C)NC(=O)N[C@H]1c1ccc(OCC(=O)N/N=C\c2c(C)[nH]c3ccccc23)c(OC)c1. The van der Waals surface area contributed by atoms with E-state index in [4.69, 9.17) is 14.2 Å². The van der Waals surface area contributed by atoms with Crippen LogP contribution in [-0.4, -0.2) is 49.9 Å². The number of hydrogen-bond donors (Lipinski definition) is 4. The van der Waals surface area contributed by atoms with Crippen LogP contribution in [0, 0.1) is 6.92 Å². The molecule has 11 nitrogen and oxygen atoms in total. The number of aromatic nitrogens is 1. The fraction of sp³-hybridized carbons (Fsp3) is 0.231. The number of ether oxygens (including phenoxy) is 3. The van der Waals surface area contributed by atoms with E-state index < -0.39 is 23.9 Å². The number of carbonyl (C=O) groups excluding carboxylic acids is 3. The molecular formula is C26H27N5O6. The summed E-state index contributed by atoms with van der Waals surface area (Å²) in [5.74, 6) is -0.414. The number of allylic oxidation sites excluding steroid dienone is 1. The first-order valence-corrected chi connectivity index (χ1v) is 11.4. The lowest BCUT2D eigenvalue weighted by atomic mass is 9.95. The summed E-state index contributed by atoms with van der Waals surface area (Å²) < 4.78 is 15.9. The highest BCUT2D eigenvalue weighted by molar-refractivity contribution is 6.01. The molecule has 1 aromatic heterocycles. The maximum absolute atomic E-state index is 12.3. The molecule has 37 heavy (non-hydrogen) atoms. The molecule has 3 aromatic rings. The van der Waals surface area contributed by atoms with Gasteiger partial charge in [0, 0.05) is 27.9 Å². The van der Waals surface area contributed by atoms with Gasteiger partial charge in [-0.3, -0.25) is 4.79 Å². The van der Waals surface area contributed by atoms with Crippen molar-refractivity contribution in [3.8, 4) is 11.5 Å². The fourth-order valence-corrected chi connectivity index (χ4v) is 4.12. The van der Waals surface area contributed by atoms with E-state index in [1.165, 1.54) is 14.2 Å². The van der Waals surface area contributed by atoms with Gasteiger partial charge in [0.2, 0.25) is 0 Å². The number of urea groups is 1. The van der Waals surface area contributed by atoms with E-state index >= 15 is 0 Å². The number of nitrogens with zero attached hydrogens (tertiary/aromatic N) is 1. The summed E-state index contributed by atoms with van der Waals surface area (Å²) in [4.78, 5) is 40.0. The molecule has 0 spiro atoms. The average Bonchev–Trinajstić information content (AvgIpc) is 3.21. The predicted molar refractivity (Wildman–Crippen MR) is 136 cm³/mol. The minimum Gasteiger partial charge on any atom is -0.493 e. The van der Waals surface area contributed by atoms with Crippen molar-refractivity contribution in [3.05, 3.63) is 70.6 Å². The lowest BCUT2D eigenvalue weighted by Gasteiger charge is -2.28. The van der Waals surface area contributed by atoms with Gasteiger partial charge in [0.15, 0.2) is 18.1 Å². The minimum atomic E-state index is -0.755. The first-order chi connectivity index (χ1) is 17.8. The molecule has 1 aliphatic rings. The van der Waals surface area contributed by atoms with Gasteiger partial charge in [-0.15, -0.1) is 0 Å². The van der Waals surface area contributed by atoms with E-state index in [0.29, 0.717) is 22.8 Å². The largest absolute Gasteiger partial charge is 0.493 e. The highest BCUT2D eigenvalue weighted by atomic mass is 16.5. The van der Waals surface area contributed by atoms with Crippen LogP contribution in [0.25, 0.3) is 10.9 Å². The molecule has 0 saturated carbocycles. The Morgan fingerprint density at radius 1 is 1.11 bits per heavy atom. The zero-order valence-corrected chi connectivity index (χ0v) is 20.8. The van der Waals surface area contributed by atoms with Crippen LogP contribution in [0.3, 0.4) is 0 Å². The Kier molecular flexibility index (Phi) is 7.42. The quantitative estimate of drug-likeness (QED) is 0.211. The van der Waals surface area contributed by atoms with E-state index in [2.05, 4.69) is 26.1 Å². The van der Waals surface area contributed by atoms with Crippen molar-refractivity contribution >= 4 is 35.0 Å². The number of rotatable bonds is 8. The van der Waals surface area contributed by atoms with E-state index in [1.807, 2.05) is 31.2 Å². The van der Waals surface area contributed by atoms with Gasteiger partial charge in [-0.2, -0.15) is 5.10 Å². The van der Waals surface area contributed by atoms with E-state index in [1.54, 1.807) is 31.3 Å². The molecule has 192 valence electrons. The summed E-state index contributed by atoms with van der Waals surface area (Å²) in [6.07, 6.45) is 1.59. The van der Waals surface area contributed by atoms with Crippen molar-refractivity contribution in [2.24, 2.45) is 5.10 Å². The van der Waals surface area contributed by atoms with Crippen LogP contribution in [0.5, 0.6) is 11.5 Å². The summed E-state index contributed by atoms with van der Waals surface area (Å²) in [5.41, 5.74) is 6.49. The van der Waals surface area contributed by atoms with Gasteiger partial charge in [0.25, 0.3) is 5.91 Å². The predicted octanol–water partition coefficient (Wildman–Crippen LogP) is 2.81. The topological polar surface area (TPSA) is 143 Å². The molecule has 1 atom stereocenters. The number of carbonyl (C=O) groups is 3. The molecule has 0 unspecified atom stereocenters. The molecule has 4 rings (SSSR count). The average molecular weight is 506 g/mol. The molecule has 1 aliphatic heterocycles. The normalized spacial score (nSPS) is 15.4. The third kappa shape index (κ3) is 5.40. The van der Waals surface area contributed by atoms with Crippen LogP contribution in [0.2, 0.25) is 0 Å². The smallest absolute Gasteiger partial charge is 0.337 e. The Morgan fingerprint density at radius 2 is 1.89 bits per heavy atom. The van der Waals surface area contributed by atoms with Crippen LogP contribution in [-0.2, 0) is 14.3 Å². The maximum Gasteiger partial charge on any atom is 0.337 e. The van der Waals surface area contributed by atoms with Crippen molar-refractivity contribution in [1.82, 2.24) is 21.0 Å². The molecule has 0 saturated heterocycles. The van der Waals surface area contributed by atoms with Crippen molar-refractivity contribution in [3.63, 3.8) is 0 Å². The number of nitrogens with one attached hydrogen (secondary N) is 4. The second kappa shape index (κ2) is 10.9. The van der Waals surface area contributed by atoms with Gasteiger partial charge in [0.05, 0.1) is 32.0 Å². The Balaban J connectivity index is 1.43. The fourth-order valence-electron chi connectivity index (χ4n) is 4.12. The molecular weight excluding hydrogens is 478 g/mol. The van der Waals surface area contributed by atoms with Crippen LogP contribution in [0.4, 0.5) is 4.79 Å². The van der Waals surface area contributed by atoms with Gasteiger partial charge in [0.1, 0.15) is 0 Å². The second-order valence-electron chi connectivity index (χ2n) is 8.26. The number of fused-ring (bicyclic) bond motifs is 1. The number of aromatic amines is 1. The summed E-state index contributed by atoms with van der Waals surface area (Å²) in [6.45, 7) is 3.24. The van der Waals surface area contributed by atoms with E-state index in [-0.39, 0.29) is 12.2 Å². The number of esters is 1. The van der Waals surface area contributed by atoms with Gasteiger partial charge < -0.3 is 29.8 Å². The second-order valence-corrected chi connectivity index (χ2v) is 8.26. The van der Waals surface area contributed by atoms with Crippen LogP contribution in [0.1, 0.15) is 29.8 Å². The number of H-pyrrole nitrogens is 1. The molecule has 0 radical (unpaired) electrons. The number of hydrogen-bond acceptors (Lipinski definition) is 7. The van der Waals surface area contributed by atoms with Gasteiger partial charge >= 0.3 is 12.0 Å². The molecule has 3 amide bonds. The number of aryl methyl sites for hydroxylation is 1. The highest BCUT2D eigenvalue weighted by Crippen LogP contribution is 2.34. The van der Waals surface area contributed by atoms with E-state index in [9.17, 15) is 14.4 Å². The number of methoxy groups -OCH3 is 2. The lowest BCUT2D eigenvalue weighted by Crippen LogP contribution is -2.45. The molecule has 0 aliphatic carbocycles. The van der Waals surface area contributed by atoms with Crippen molar-refractivity contribution in [1.29, 1.82) is 0 Å². The highest BCUT2D eigenvalue weighted by Gasteiger charge is 2.32. The number of amides is 3. The zero-order valence-electron chi connectivity index (χ0n) is 20.8. The summed E-state index contributed by atoms with van der Waals surface area (Å²) in [5, 5.41) is 10.3. The van der Waals surface area contributed by atoms with Crippen LogP contribution >= 0.6 is 0 Å². The molecule has 4 N–H and O–H groups in total. The number of para-hydroxylation sites is 1. The van der Waals surface area contributed by atoms with Gasteiger partial charge in [-0.1, -0.05) is 24.3 Å². The molecule has 2 aromatic carbocycles. The lowest BCUT2D eigenvalue weighted by molar-refractivity contribution is -0.136. The van der Waals surface area contributed by atoms with Crippen molar-refractivity contribution < 1.29 is 28.6 Å². The third-order valence-corrected chi connectivity index (χ3v) is 5.88. The first-order valence-electron chi connectivity index (χ1n) is 11.4. The summed E-state index contributed by atoms with van der Waals surface area (Å²) in [7, 11) is 2.72. The zero-order chi connectivity index (χ0) is 26.5. The number of hydrazone groups is 1. The van der Waals surface area contributed by atoms with Crippen LogP contribution in [0.15, 0.2) is 58.8 Å². The molecule has 2 heterocycles. The molecule has 0 bridgehead atoms. The molecule has 0 fully saturated rings. The van der Waals surface area contributed by atoms with E-state index in [0.717, 1.165) is 22.2 Å². The Morgan fingerprint density at radius 3 is 2.65 bits per heavy atom. The summed E-state index contributed by atoms with van der Waals surface area (Å²) >= 11 is 0. The van der Waals surface area contributed by atoms with Gasteiger partial charge in [-0.05, 0) is 37.6 Å². The monoisotopic (exact) mass is 505 g/mol. The Bertz CT molecular complexity index is 1420. The number of benzene rings is 2. The van der Waals surface area contributed by atoms with Crippen LogP contribution < -0.4 is 25.5 Å². The maximum atomic E-state index is 12.3. The Hall–Kier alpha value is -4.80. The standard InChI is InChI=1S/C26H27N5O6/c1-14-18(17-7-5-6-8-19(17)28-14)12-27-31-22(32)13-37-20-10-9-16(11-21(20)35-3)24-23(25(33)36-4)15(2)29-26(34)30-24/h5-12,24,28H,13H2,1-4H3,(H,31,32)(H2,29,30,34)/b27-12-/t24-/m0/s1. The Labute approximate surface area is 212 Å². The third-order valence-electron chi connectivity index (χ3n) is 5.88. The van der Waals surface area contributed by atoms with Gasteiger partial charge in [-0.25, -0.2) is 15.0 Å². The van der Waals surface area contributed by atoms with Crippen molar-refractivity contribution in [2.45, 2.75) is 19.9 Å². The minimum absolute atomic E-state index is 0.264. The van der Waals surface area contributed by atoms with Crippen molar-refractivity contribution in [2.75, 3.05) is 20.8 Å². The molecule has 11 heteroatoms.